The quantitative estimate of drug-likeness (QED) is 0.720. The van der Waals surface area contributed by atoms with E-state index in [0.717, 1.165) is 12.2 Å². The molecule has 0 aliphatic carbocycles. The Morgan fingerprint density at radius 2 is 2.05 bits per heavy atom. The maximum atomic E-state index is 10.8. The monoisotopic (exact) mass is 265 g/mol. The average Bonchev–Trinajstić information content (AvgIpc) is 2.42. The number of carboxylic acid groups (broad SMARTS) is 1. The molecule has 0 aliphatic heterocycles. The molecule has 0 aromatic heterocycles. The van der Waals surface area contributed by atoms with Crippen molar-refractivity contribution >= 4 is 5.97 Å². The molecule has 0 saturated heterocycles. The molecule has 0 fully saturated rings. The van der Waals surface area contributed by atoms with Gasteiger partial charge in [0.1, 0.15) is 11.8 Å². The zero-order chi connectivity index (χ0) is 14.1. The van der Waals surface area contributed by atoms with Crippen LogP contribution in [-0.2, 0) is 11.2 Å². The second-order valence-electron chi connectivity index (χ2n) is 4.56. The number of benzene rings is 1. The summed E-state index contributed by atoms with van der Waals surface area (Å²) in [4.78, 5) is 10.8. The standard InChI is InChI=1S/C15H23NO3/c1-3-4-5-12-6-8-13(9-7-12)19-11-10-14(16-2)15(17)18/h6-9,14,16H,3-5,10-11H2,1-2H3,(H,17,18). The Kier molecular flexibility index (Phi) is 6.97. The number of carbonyl (C=O) groups is 1. The molecule has 0 amide bonds. The van der Waals surface area contributed by atoms with Gasteiger partial charge in [0.25, 0.3) is 0 Å². The van der Waals surface area contributed by atoms with Crippen molar-refractivity contribution in [2.45, 2.75) is 38.6 Å². The van der Waals surface area contributed by atoms with Crippen LogP contribution < -0.4 is 10.1 Å². The van der Waals surface area contributed by atoms with Crippen molar-refractivity contribution in [3.8, 4) is 5.75 Å². The second-order valence-corrected chi connectivity index (χ2v) is 4.56. The summed E-state index contributed by atoms with van der Waals surface area (Å²) in [5, 5.41) is 11.6. The minimum absolute atomic E-state index is 0.395. The molecule has 0 spiro atoms. The maximum absolute atomic E-state index is 10.8. The molecule has 106 valence electrons. The van der Waals surface area contributed by atoms with E-state index in [1.165, 1.54) is 18.4 Å². The summed E-state index contributed by atoms with van der Waals surface area (Å²) in [6.45, 7) is 2.57. The fraction of sp³-hybridized carbons (Fsp3) is 0.533. The Hall–Kier alpha value is -1.55. The molecular formula is C15H23NO3. The first-order valence-electron chi connectivity index (χ1n) is 6.79. The van der Waals surface area contributed by atoms with Gasteiger partial charge in [0.05, 0.1) is 6.61 Å². The van der Waals surface area contributed by atoms with Crippen molar-refractivity contribution < 1.29 is 14.6 Å². The van der Waals surface area contributed by atoms with Gasteiger partial charge in [-0.25, -0.2) is 0 Å². The van der Waals surface area contributed by atoms with Crippen LogP contribution >= 0.6 is 0 Å². The van der Waals surface area contributed by atoms with Gasteiger partial charge in [-0.2, -0.15) is 0 Å². The Morgan fingerprint density at radius 1 is 1.37 bits per heavy atom. The summed E-state index contributed by atoms with van der Waals surface area (Å²) < 4.78 is 5.54. The van der Waals surface area contributed by atoms with Crippen LogP contribution in [0.5, 0.6) is 5.75 Å². The van der Waals surface area contributed by atoms with Crippen molar-refractivity contribution in [3.05, 3.63) is 29.8 Å². The van der Waals surface area contributed by atoms with Crippen LogP contribution in [0, 0.1) is 0 Å². The van der Waals surface area contributed by atoms with E-state index in [0.29, 0.717) is 13.0 Å². The number of hydrogen-bond acceptors (Lipinski definition) is 3. The van der Waals surface area contributed by atoms with Crippen LogP contribution in [0.3, 0.4) is 0 Å². The smallest absolute Gasteiger partial charge is 0.320 e. The minimum Gasteiger partial charge on any atom is -0.494 e. The molecule has 2 N–H and O–H groups in total. The number of unbranched alkanes of at least 4 members (excludes halogenated alkanes) is 1. The van der Waals surface area contributed by atoms with Gasteiger partial charge in [-0.3, -0.25) is 4.79 Å². The van der Waals surface area contributed by atoms with E-state index in [2.05, 4.69) is 24.4 Å². The van der Waals surface area contributed by atoms with Crippen LogP contribution in [0.2, 0.25) is 0 Å². The maximum Gasteiger partial charge on any atom is 0.320 e. The van der Waals surface area contributed by atoms with Crippen LogP contribution in [0.15, 0.2) is 24.3 Å². The summed E-state index contributed by atoms with van der Waals surface area (Å²) in [6.07, 6.45) is 3.93. The molecule has 4 nitrogen and oxygen atoms in total. The summed E-state index contributed by atoms with van der Waals surface area (Å²) in [7, 11) is 1.64. The molecule has 0 saturated carbocycles. The Bertz CT molecular complexity index is 375. The zero-order valence-corrected chi connectivity index (χ0v) is 11.7. The number of likely N-dealkylation sites (N-methyl/N-ethyl adjacent to an activating group) is 1. The van der Waals surface area contributed by atoms with Crippen LogP contribution in [0.1, 0.15) is 31.7 Å². The number of aryl methyl sites for hydroxylation is 1. The van der Waals surface area contributed by atoms with Gasteiger partial charge in [-0.05, 0) is 37.6 Å². The van der Waals surface area contributed by atoms with Gasteiger partial charge in [0.2, 0.25) is 0 Å². The van der Waals surface area contributed by atoms with Gasteiger partial charge < -0.3 is 15.2 Å². The summed E-state index contributed by atoms with van der Waals surface area (Å²) >= 11 is 0. The number of nitrogens with one attached hydrogen (secondary N) is 1. The highest BCUT2D eigenvalue weighted by Gasteiger charge is 2.14. The molecule has 1 rings (SSSR count). The van der Waals surface area contributed by atoms with Crippen molar-refractivity contribution in [2.75, 3.05) is 13.7 Å². The lowest BCUT2D eigenvalue weighted by atomic mass is 10.1. The van der Waals surface area contributed by atoms with E-state index in [1.54, 1.807) is 7.05 Å². The highest BCUT2D eigenvalue weighted by molar-refractivity contribution is 5.73. The molecule has 19 heavy (non-hydrogen) atoms. The van der Waals surface area contributed by atoms with Gasteiger partial charge in [-0.1, -0.05) is 25.5 Å². The van der Waals surface area contributed by atoms with Crippen LogP contribution in [0.25, 0.3) is 0 Å². The molecule has 0 aliphatic rings. The average molecular weight is 265 g/mol. The third-order valence-electron chi connectivity index (χ3n) is 3.06. The van der Waals surface area contributed by atoms with Gasteiger partial charge in [0.15, 0.2) is 0 Å². The fourth-order valence-electron chi connectivity index (χ4n) is 1.82. The van der Waals surface area contributed by atoms with Gasteiger partial charge in [-0.15, -0.1) is 0 Å². The lowest BCUT2D eigenvalue weighted by Gasteiger charge is -2.12. The number of carboxylic acids is 1. The van der Waals surface area contributed by atoms with E-state index >= 15 is 0 Å². The SMILES string of the molecule is CCCCc1ccc(OCCC(NC)C(=O)O)cc1. The Morgan fingerprint density at radius 3 is 2.58 bits per heavy atom. The zero-order valence-electron chi connectivity index (χ0n) is 11.7. The second kappa shape index (κ2) is 8.53. The highest BCUT2D eigenvalue weighted by atomic mass is 16.5. The van der Waals surface area contributed by atoms with E-state index < -0.39 is 12.0 Å². The van der Waals surface area contributed by atoms with Crippen molar-refractivity contribution in [3.63, 3.8) is 0 Å². The number of ether oxygens (including phenoxy) is 1. The van der Waals surface area contributed by atoms with Crippen molar-refractivity contribution in [1.82, 2.24) is 5.32 Å². The molecule has 4 heteroatoms. The lowest BCUT2D eigenvalue weighted by molar-refractivity contribution is -0.139. The molecule has 1 atom stereocenters. The number of rotatable bonds is 9. The van der Waals surface area contributed by atoms with E-state index in [9.17, 15) is 4.79 Å². The molecule has 1 aromatic rings. The van der Waals surface area contributed by atoms with Crippen molar-refractivity contribution in [2.24, 2.45) is 0 Å². The molecule has 0 heterocycles. The summed E-state index contributed by atoms with van der Waals surface area (Å²) in [5.74, 6) is -0.0542. The normalized spacial score (nSPS) is 12.1. The van der Waals surface area contributed by atoms with Crippen LogP contribution in [-0.4, -0.2) is 30.8 Å². The molecular weight excluding hydrogens is 242 g/mol. The third-order valence-corrected chi connectivity index (χ3v) is 3.06. The van der Waals surface area contributed by atoms with Gasteiger partial charge in [0, 0.05) is 6.42 Å². The Balaban J connectivity index is 2.35. The topological polar surface area (TPSA) is 58.6 Å². The van der Waals surface area contributed by atoms with Gasteiger partial charge >= 0.3 is 5.97 Å². The Labute approximate surface area is 114 Å². The largest absolute Gasteiger partial charge is 0.494 e. The number of hydrogen-bond donors (Lipinski definition) is 2. The molecule has 1 unspecified atom stereocenters. The highest BCUT2D eigenvalue weighted by Crippen LogP contribution is 2.14. The first-order chi connectivity index (χ1) is 9.17. The first-order valence-corrected chi connectivity index (χ1v) is 6.79. The minimum atomic E-state index is -0.846. The predicted molar refractivity (Wildman–Crippen MR) is 75.6 cm³/mol. The third kappa shape index (κ3) is 5.75. The molecule has 1 aromatic carbocycles. The summed E-state index contributed by atoms with van der Waals surface area (Å²) in [5.41, 5.74) is 1.31. The molecule has 0 bridgehead atoms. The first kappa shape index (κ1) is 15.5. The van der Waals surface area contributed by atoms with E-state index in [1.807, 2.05) is 12.1 Å². The van der Waals surface area contributed by atoms with Crippen molar-refractivity contribution in [1.29, 1.82) is 0 Å². The lowest BCUT2D eigenvalue weighted by Crippen LogP contribution is -2.35. The van der Waals surface area contributed by atoms with E-state index in [-0.39, 0.29) is 0 Å². The molecule has 0 radical (unpaired) electrons. The van der Waals surface area contributed by atoms with Crippen LogP contribution in [0.4, 0.5) is 0 Å². The predicted octanol–water partition coefficient (Wildman–Crippen LogP) is 2.47. The van der Waals surface area contributed by atoms with E-state index in [4.69, 9.17) is 9.84 Å². The number of aliphatic carboxylic acids is 1. The fourth-order valence-corrected chi connectivity index (χ4v) is 1.82. The summed E-state index contributed by atoms with van der Waals surface area (Å²) in [6, 6.07) is 7.47.